The first kappa shape index (κ1) is 19.7. The van der Waals surface area contributed by atoms with Gasteiger partial charge in [0, 0.05) is 11.3 Å². The van der Waals surface area contributed by atoms with E-state index >= 15 is 0 Å². The minimum atomic E-state index is -3.69. The number of nitrogens with one attached hydrogen (secondary N) is 1. The number of benzene rings is 3. The molecule has 3 aromatic rings. The molecule has 7 heteroatoms. The summed E-state index contributed by atoms with van der Waals surface area (Å²) in [4.78, 5) is 12.6. The fraction of sp³-hybridized carbons (Fsp3) is 0.0870. The van der Waals surface area contributed by atoms with Crippen LogP contribution in [-0.2, 0) is 10.0 Å². The number of sulfonamides is 1. The lowest BCUT2D eigenvalue weighted by Crippen LogP contribution is -2.13. The van der Waals surface area contributed by atoms with E-state index in [1.165, 1.54) is 6.08 Å². The standard InChI is InChI=1S/C23H19NO5S/c1-16-2-10-20(11-3-16)30(26,27)24-19-8-6-18(7-9-19)21(25)12-4-17-5-13-22-23(14-17)29-15-28-22/h2-14,24H,15H2,1H3/b12-4+. The lowest BCUT2D eigenvalue weighted by molar-refractivity contribution is 0.104. The summed E-state index contributed by atoms with van der Waals surface area (Å²) in [6, 6.07) is 18.3. The van der Waals surface area contributed by atoms with Crippen LogP contribution in [0.15, 0.2) is 77.7 Å². The maximum absolute atomic E-state index is 12.5. The zero-order chi connectivity index (χ0) is 21.1. The van der Waals surface area contributed by atoms with Gasteiger partial charge in [-0.2, -0.15) is 0 Å². The van der Waals surface area contributed by atoms with Gasteiger partial charge in [0.1, 0.15) is 0 Å². The summed E-state index contributed by atoms with van der Waals surface area (Å²) in [5, 5.41) is 0. The van der Waals surface area contributed by atoms with Crippen molar-refractivity contribution in [3.8, 4) is 11.5 Å². The van der Waals surface area contributed by atoms with Crippen molar-refractivity contribution in [3.63, 3.8) is 0 Å². The molecule has 1 heterocycles. The third-order valence-corrected chi connectivity index (χ3v) is 5.97. The van der Waals surface area contributed by atoms with Gasteiger partial charge in [0.05, 0.1) is 4.90 Å². The summed E-state index contributed by atoms with van der Waals surface area (Å²) < 4.78 is 38.0. The van der Waals surface area contributed by atoms with Crippen LogP contribution < -0.4 is 14.2 Å². The molecule has 0 spiro atoms. The van der Waals surface area contributed by atoms with Crippen molar-refractivity contribution in [2.75, 3.05) is 11.5 Å². The van der Waals surface area contributed by atoms with Gasteiger partial charge in [-0.25, -0.2) is 8.42 Å². The van der Waals surface area contributed by atoms with Crippen LogP contribution in [0.2, 0.25) is 0 Å². The normalized spacial score (nSPS) is 12.8. The smallest absolute Gasteiger partial charge is 0.261 e. The second-order valence-corrected chi connectivity index (χ2v) is 8.49. The number of carbonyl (C=O) groups excluding carboxylic acids is 1. The van der Waals surface area contributed by atoms with Crippen molar-refractivity contribution in [2.45, 2.75) is 11.8 Å². The summed E-state index contributed by atoms with van der Waals surface area (Å²) in [6.07, 6.45) is 3.15. The number of fused-ring (bicyclic) bond motifs is 1. The molecule has 0 radical (unpaired) electrons. The van der Waals surface area contributed by atoms with Gasteiger partial charge in [0.15, 0.2) is 17.3 Å². The van der Waals surface area contributed by atoms with E-state index in [4.69, 9.17) is 9.47 Å². The van der Waals surface area contributed by atoms with Gasteiger partial charge in [-0.05, 0) is 67.1 Å². The van der Waals surface area contributed by atoms with Crippen LogP contribution >= 0.6 is 0 Å². The minimum absolute atomic E-state index is 0.180. The third-order valence-electron chi connectivity index (χ3n) is 4.58. The number of allylic oxidation sites excluding steroid dienone is 1. The average molecular weight is 421 g/mol. The van der Waals surface area contributed by atoms with Gasteiger partial charge in [-0.15, -0.1) is 0 Å². The highest BCUT2D eigenvalue weighted by atomic mass is 32.2. The Balaban J connectivity index is 1.44. The Labute approximate surface area is 174 Å². The molecule has 1 aliphatic rings. The molecule has 0 aromatic heterocycles. The van der Waals surface area contributed by atoms with Gasteiger partial charge in [-0.1, -0.05) is 29.8 Å². The van der Waals surface area contributed by atoms with Gasteiger partial charge in [0.2, 0.25) is 6.79 Å². The third kappa shape index (κ3) is 4.36. The summed E-state index contributed by atoms with van der Waals surface area (Å²) in [5.41, 5.74) is 2.62. The number of aryl methyl sites for hydroxylation is 1. The van der Waals surface area contributed by atoms with E-state index in [9.17, 15) is 13.2 Å². The van der Waals surface area contributed by atoms with E-state index < -0.39 is 10.0 Å². The predicted octanol–water partition coefficient (Wildman–Crippen LogP) is 4.42. The molecule has 0 amide bonds. The predicted molar refractivity (Wildman–Crippen MR) is 114 cm³/mol. The molecule has 0 saturated heterocycles. The monoisotopic (exact) mass is 421 g/mol. The molecule has 1 aliphatic heterocycles. The average Bonchev–Trinajstić information content (AvgIpc) is 3.20. The highest BCUT2D eigenvalue weighted by Gasteiger charge is 2.14. The molecular weight excluding hydrogens is 402 g/mol. The Morgan fingerprint density at radius 2 is 1.63 bits per heavy atom. The fourth-order valence-electron chi connectivity index (χ4n) is 2.92. The number of carbonyl (C=O) groups is 1. The van der Waals surface area contributed by atoms with Crippen LogP contribution in [0, 0.1) is 6.92 Å². The second-order valence-electron chi connectivity index (χ2n) is 6.81. The van der Waals surface area contributed by atoms with Crippen molar-refractivity contribution in [3.05, 3.63) is 89.5 Å². The van der Waals surface area contributed by atoms with Crippen molar-refractivity contribution < 1.29 is 22.7 Å². The summed E-state index contributed by atoms with van der Waals surface area (Å²) in [6.45, 7) is 2.09. The van der Waals surface area contributed by atoms with Crippen LogP contribution in [0.3, 0.4) is 0 Å². The first-order chi connectivity index (χ1) is 14.4. The molecule has 1 N–H and O–H groups in total. The molecule has 0 fully saturated rings. The highest BCUT2D eigenvalue weighted by molar-refractivity contribution is 7.92. The van der Waals surface area contributed by atoms with Crippen LogP contribution in [0.4, 0.5) is 5.69 Å². The number of rotatable bonds is 6. The Morgan fingerprint density at radius 3 is 2.37 bits per heavy atom. The van der Waals surface area contributed by atoms with Crippen molar-refractivity contribution in [1.82, 2.24) is 0 Å². The number of ketones is 1. The number of hydrogen-bond acceptors (Lipinski definition) is 5. The van der Waals surface area contributed by atoms with Crippen molar-refractivity contribution in [2.24, 2.45) is 0 Å². The minimum Gasteiger partial charge on any atom is -0.454 e. The van der Waals surface area contributed by atoms with Crippen LogP contribution in [0.5, 0.6) is 11.5 Å². The zero-order valence-corrected chi connectivity index (χ0v) is 17.0. The summed E-state index contributed by atoms with van der Waals surface area (Å²) in [7, 11) is -3.69. The van der Waals surface area contributed by atoms with Gasteiger partial charge >= 0.3 is 0 Å². The van der Waals surface area contributed by atoms with E-state index in [0.717, 1.165) is 11.1 Å². The molecule has 0 unspecified atom stereocenters. The Morgan fingerprint density at radius 1 is 0.933 bits per heavy atom. The van der Waals surface area contributed by atoms with E-state index in [1.807, 2.05) is 13.0 Å². The maximum Gasteiger partial charge on any atom is 0.261 e. The van der Waals surface area contributed by atoms with E-state index in [1.54, 1.807) is 66.7 Å². The molecule has 6 nitrogen and oxygen atoms in total. The van der Waals surface area contributed by atoms with Gasteiger partial charge in [-0.3, -0.25) is 9.52 Å². The molecule has 4 rings (SSSR count). The lowest BCUT2D eigenvalue weighted by Gasteiger charge is -2.08. The van der Waals surface area contributed by atoms with Crippen molar-refractivity contribution in [1.29, 1.82) is 0 Å². The largest absolute Gasteiger partial charge is 0.454 e. The molecule has 0 atom stereocenters. The molecule has 0 bridgehead atoms. The van der Waals surface area contributed by atoms with Crippen LogP contribution in [0.1, 0.15) is 21.5 Å². The van der Waals surface area contributed by atoms with E-state index in [-0.39, 0.29) is 17.5 Å². The van der Waals surface area contributed by atoms with Crippen LogP contribution in [-0.4, -0.2) is 21.0 Å². The molecular formula is C23H19NO5S. The highest BCUT2D eigenvalue weighted by Crippen LogP contribution is 2.32. The summed E-state index contributed by atoms with van der Waals surface area (Å²) >= 11 is 0. The Bertz CT molecular complexity index is 1210. The first-order valence-electron chi connectivity index (χ1n) is 9.22. The molecule has 30 heavy (non-hydrogen) atoms. The molecule has 0 aliphatic carbocycles. The summed E-state index contributed by atoms with van der Waals surface area (Å²) in [5.74, 6) is 1.14. The molecule has 0 saturated carbocycles. The number of hydrogen-bond donors (Lipinski definition) is 1. The van der Waals surface area contributed by atoms with Gasteiger partial charge < -0.3 is 9.47 Å². The zero-order valence-electron chi connectivity index (χ0n) is 16.2. The van der Waals surface area contributed by atoms with E-state index in [2.05, 4.69) is 4.72 Å². The van der Waals surface area contributed by atoms with Crippen molar-refractivity contribution >= 4 is 27.6 Å². The van der Waals surface area contributed by atoms with E-state index in [0.29, 0.717) is 22.7 Å². The number of ether oxygens (including phenoxy) is 2. The quantitative estimate of drug-likeness (QED) is 0.471. The van der Waals surface area contributed by atoms with Gasteiger partial charge in [0.25, 0.3) is 10.0 Å². The topological polar surface area (TPSA) is 81.7 Å². The molecule has 3 aromatic carbocycles. The fourth-order valence-corrected chi connectivity index (χ4v) is 3.98. The Kier molecular flexibility index (Phi) is 5.29. The molecule has 152 valence electrons. The number of anilines is 1. The lowest BCUT2D eigenvalue weighted by atomic mass is 10.1. The first-order valence-corrected chi connectivity index (χ1v) is 10.7. The SMILES string of the molecule is Cc1ccc(S(=O)(=O)Nc2ccc(C(=O)/C=C/c3ccc4c(c3)OCO4)cc2)cc1. The Hall–Kier alpha value is -3.58. The van der Waals surface area contributed by atoms with Crippen LogP contribution in [0.25, 0.3) is 6.08 Å². The second kappa shape index (κ2) is 8.04. The maximum atomic E-state index is 12.5.